The van der Waals surface area contributed by atoms with Gasteiger partial charge in [-0.15, -0.1) is 24.8 Å². The number of carbonyl (C=O) groups is 1. The first kappa shape index (κ1) is 23.2. The van der Waals surface area contributed by atoms with Gasteiger partial charge in [0, 0.05) is 13.1 Å². The molecule has 3 atom stereocenters. The lowest BCUT2D eigenvalue weighted by Crippen LogP contribution is -2.43. The maximum atomic E-state index is 13.4. The van der Waals surface area contributed by atoms with Crippen LogP contribution in [0.25, 0.3) is 0 Å². The summed E-state index contributed by atoms with van der Waals surface area (Å²) in [5.74, 6) is 1.80. The number of halogens is 2. The summed E-state index contributed by atoms with van der Waals surface area (Å²) >= 11 is 0. The molecule has 0 saturated carbocycles. The molecular formula is C20H33Cl2N3O. The minimum absolute atomic E-state index is 0. The molecule has 0 aliphatic carbocycles. The zero-order valence-electron chi connectivity index (χ0n) is 15.9. The molecule has 1 aromatic carbocycles. The topological polar surface area (TPSA) is 35.6 Å². The zero-order chi connectivity index (χ0) is 16.9. The normalized spacial score (nSPS) is 23.4. The maximum Gasteiger partial charge on any atom is 0.244 e. The average Bonchev–Trinajstić information content (AvgIpc) is 2.98. The van der Waals surface area contributed by atoms with Crippen molar-refractivity contribution < 1.29 is 4.79 Å². The number of carbonyl (C=O) groups excluding carboxylic acids is 1. The van der Waals surface area contributed by atoms with Crippen molar-refractivity contribution in [3.63, 3.8) is 0 Å². The fourth-order valence-corrected chi connectivity index (χ4v) is 4.35. The van der Waals surface area contributed by atoms with E-state index >= 15 is 0 Å². The van der Waals surface area contributed by atoms with Gasteiger partial charge in [-0.3, -0.25) is 9.69 Å². The zero-order valence-corrected chi connectivity index (χ0v) is 17.5. The number of benzene rings is 1. The van der Waals surface area contributed by atoms with Gasteiger partial charge in [0.25, 0.3) is 0 Å². The van der Waals surface area contributed by atoms with E-state index in [1.165, 1.54) is 0 Å². The van der Waals surface area contributed by atoms with Gasteiger partial charge in [0.1, 0.15) is 6.04 Å². The fourth-order valence-electron chi connectivity index (χ4n) is 4.35. The first-order valence-electron chi connectivity index (χ1n) is 9.53. The highest BCUT2D eigenvalue weighted by Gasteiger charge is 2.35. The predicted molar refractivity (Wildman–Crippen MR) is 112 cm³/mol. The van der Waals surface area contributed by atoms with E-state index in [4.69, 9.17) is 0 Å². The quantitative estimate of drug-likeness (QED) is 0.821. The van der Waals surface area contributed by atoms with E-state index in [1.807, 2.05) is 18.2 Å². The second kappa shape index (κ2) is 11.1. The number of fused-ring (bicyclic) bond motifs is 1. The third-order valence-electron chi connectivity index (χ3n) is 5.86. The van der Waals surface area contributed by atoms with Crippen LogP contribution in [0.5, 0.6) is 0 Å². The van der Waals surface area contributed by atoms with Gasteiger partial charge in [-0.25, -0.2) is 0 Å². The molecule has 1 amide bonds. The summed E-state index contributed by atoms with van der Waals surface area (Å²) in [6.07, 6.45) is 2.28. The molecule has 2 saturated heterocycles. The highest BCUT2D eigenvalue weighted by Crippen LogP contribution is 2.30. The van der Waals surface area contributed by atoms with Crippen LogP contribution in [-0.4, -0.2) is 55.0 Å². The van der Waals surface area contributed by atoms with E-state index in [-0.39, 0.29) is 36.8 Å². The van der Waals surface area contributed by atoms with E-state index in [9.17, 15) is 4.79 Å². The monoisotopic (exact) mass is 401 g/mol. The molecule has 148 valence electrons. The Balaban J connectivity index is 0.00000169. The lowest BCUT2D eigenvalue weighted by molar-refractivity contribution is -0.137. The van der Waals surface area contributed by atoms with Gasteiger partial charge in [-0.05, 0) is 56.4 Å². The van der Waals surface area contributed by atoms with E-state index in [0.717, 1.165) is 69.5 Å². The number of hydrogen-bond acceptors (Lipinski definition) is 3. The molecule has 0 spiro atoms. The van der Waals surface area contributed by atoms with Crippen LogP contribution < -0.4 is 5.32 Å². The Labute approximate surface area is 170 Å². The molecule has 2 aliphatic heterocycles. The van der Waals surface area contributed by atoms with E-state index in [1.54, 1.807) is 0 Å². The predicted octanol–water partition coefficient (Wildman–Crippen LogP) is 3.37. The van der Waals surface area contributed by atoms with Gasteiger partial charge in [0.05, 0.1) is 0 Å². The van der Waals surface area contributed by atoms with Crippen LogP contribution in [0, 0.1) is 11.8 Å². The second-order valence-corrected chi connectivity index (χ2v) is 7.12. The van der Waals surface area contributed by atoms with E-state index < -0.39 is 0 Å². The summed E-state index contributed by atoms with van der Waals surface area (Å²) in [5.41, 5.74) is 1.12. The van der Waals surface area contributed by atoms with Crippen molar-refractivity contribution in [1.82, 2.24) is 15.1 Å². The maximum absolute atomic E-state index is 13.4. The third-order valence-corrected chi connectivity index (χ3v) is 5.86. The van der Waals surface area contributed by atoms with Gasteiger partial charge in [0.2, 0.25) is 5.91 Å². The standard InChI is InChI=1S/C20H31N3O.2ClH/c1-3-22(4-2)19(16-8-6-5-7-9-16)20(24)23-12-10-17-14-21-15-18(17)11-13-23;;/h5-9,17-19,21H,3-4,10-15H2,1-2H3;2*1H/t17-,18+,19?;;. The van der Waals surface area contributed by atoms with Gasteiger partial charge in [0.15, 0.2) is 0 Å². The van der Waals surface area contributed by atoms with Crippen molar-refractivity contribution in [3.05, 3.63) is 35.9 Å². The molecule has 6 heteroatoms. The van der Waals surface area contributed by atoms with Crippen molar-refractivity contribution >= 4 is 30.7 Å². The second-order valence-electron chi connectivity index (χ2n) is 7.12. The number of rotatable bonds is 5. The molecule has 0 aromatic heterocycles. The summed E-state index contributed by atoms with van der Waals surface area (Å²) in [4.78, 5) is 17.8. The number of hydrogen-bond donors (Lipinski definition) is 1. The van der Waals surface area contributed by atoms with Crippen molar-refractivity contribution in [2.45, 2.75) is 32.7 Å². The Kier molecular flexibility index (Phi) is 9.94. The lowest BCUT2D eigenvalue weighted by atomic mass is 9.92. The first-order chi connectivity index (χ1) is 11.7. The van der Waals surface area contributed by atoms with Crippen LogP contribution in [0.3, 0.4) is 0 Å². The van der Waals surface area contributed by atoms with Crippen molar-refractivity contribution in [3.8, 4) is 0 Å². The highest BCUT2D eigenvalue weighted by atomic mass is 35.5. The molecule has 1 unspecified atom stereocenters. The Morgan fingerprint density at radius 1 is 1.08 bits per heavy atom. The third kappa shape index (κ3) is 5.13. The van der Waals surface area contributed by atoms with Crippen molar-refractivity contribution in [2.75, 3.05) is 39.3 Å². The van der Waals surface area contributed by atoms with Crippen LogP contribution >= 0.6 is 24.8 Å². The summed E-state index contributed by atoms with van der Waals surface area (Å²) in [6.45, 7) is 10.2. The average molecular weight is 402 g/mol. The molecule has 2 fully saturated rings. The van der Waals surface area contributed by atoms with Crippen molar-refractivity contribution in [1.29, 1.82) is 0 Å². The SMILES string of the molecule is CCN(CC)C(C(=O)N1CC[C@@H]2CNC[C@@H]2CC1)c1ccccc1.Cl.Cl. The number of nitrogens with zero attached hydrogens (tertiary/aromatic N) is 2. The molecule has 0 radical (unpaired) electrons. The van der Waals surface area contributed by atoms with Gasteiger partial charge in [-0.1, -0.05) is 44.2 Å². The molecule has 3 rings (SSSR count). The molecule has 0 bridgehead atoms. The Morgan fingerprint density at radius 3 is 2.12 bits per heavy atom. The molecule has 1 N–H and O–H groups in total. The van der Waals surface area contributed by atoms with E-state index in [0.29, 0.717) is 0 Å². The van der Waals surface area contributed by atoms with Crippen LogP contribution in [-0.2, 0) is 4.79 Å². The first-order valence-corrected chi connectivity index (χ1v) is 9.53. The van der Waals surface area contributed by atoms with E-state index in [2.05, 4.69) is 41.1 Å². The van der Waals surface area contributed by atoms with Crippen LogP contribution in [0.1, 0.15) is 38.3 Å². The summed E-state index contributed by atoms with van der Waals surface area (Å²) in [5, 5.41) is 3.51. The van der Waals surface area contributed by atoms with Crippen LogP contribution in [0.4, 0.5) is 0 Å². The smallest absolute Gasteiger partial charge is 0.244 e. The number of amides is 1. The van der Waals surface area contributed by atoms with Crippen LogP contribution in [0.2, 0.25) is 0 Å². The largest absolute Gasteiger partial charge is 0.341 e. The molecule has 4 nitrogen and oxygen atoms in total. The Hall–Kier alpha value is -0.810. The highest BCUT2D eigenvalue weighted by molar-refractivity contribution is 5.85. The molecule has 2 aliphatic rings. The minimum atomic E-state index is -0.141. The lowest BCUT2D eigenvalue weighted by Gasteiger charge is -2.33. The number of nitrogens with one attached hydrogen (secondary N) is 1. The minimum Gasteiger partial charge on any atom is -0.341 e. The molecule has 26 heavy (non-hydrogen) atoms. The number of likely N-dealkylation sites (N-methyl/N-ethyl adjacent to an activating group) is 1. The Bertz CT molecular complexity index is 525. The van der Waals surface area contributed by atoms with Gasteiger partial charge < -0.3 is 10.2 Å². The van der Waals surface area contributed by atoms with Gasteiger partial charge in [-0.2, -0.15) is 0 Å². The molecule has 1 aromatic rings. The summed E-state index contributed by atoms with van der Waals surface area (Å²) in [6, 6.07) is 10.1. The molecular weight excluding hydrogens is 369 g/mol. The molecule has 2 heterocycles. The summed E-state index contributed by atoms with van der Waals surface area (Å²) in [7, 11) is 0. The summed E-state index contributed by atoms with van der Waals surface area (Å²) < 4.78 is 0. The van der Waals surface area contributed by atoms with Crippen molar-refractivity contribution in [2.24, 2.45) is 11.8 Å². The number of likely N-dealkylation sites (tertiary alicyclic amines) is 1. The fraction of sp³-hybridized carbons (Fsp3) is 0.650. The Morgan fingerprint density at radius 2 is 1.62 bits per heavy atom. The van der Waals surface area contributed by atoms with Gasteiger partial charge >= 0.3 is 0 Å². The van der Waals surface area contributed by atoms with Crippen LogP contribution in [0.15, 0.2) is 30.3 Å².